The lowest BCUT2D eigenvalue weighted by atomic mass is 10.1. The van der Waals surface area contributed by atoms with Crippen LogP contribution in [-0.4, -0.2) is 51.3 Å². The van der Waals surface area contributed by atoms with Gasteiger partial charge in [-0.2, -0.15) is 0 Å². The van der Waals surface area contributed by atoms with E-state index in [4.69, 9.17) is 16.6 Å². The molecule has 0 spiro atoms. The summed E-state index contributed by atoms with van der Waals surface area (Å²) in [4.78, 5) is 22.0. The number of piperazine rings is 1. The van der Waals surface area contributed by atoms with Crippen LogP contribution in [0.25, 0.3) is 16.9 Å². The van der Waals surface area contributed by atoms with Gasteiger partial charge in [-0.1, -0.05) is 60.1 Å². The Balaban J connectivity index is 1.26. The predicted molar refractivity (Wildman–Crippen MR) is 132 cm³/mol. The highest BCUT2D eigenvalue weighted by molar-refractivity contribution is 6.30. The number of carbonyl (C=O) groups excluding carboxylic acids is 1. The van der Waals surface area contributed by atoms with Gasteiger partial charge < -0.3 is 9.30 Å². The second-order valence-corrected chi connectivity index (χ2v) is 8.92. The number of hydrogen-bond donors (Lipinski definition) is 0. The molecule has 0 aliphatic carbocycles. The monoisotopic (exact) mass is 458 g/mol. The Hall–Kier alpha value is -3.15. The van der Waals surface area contributed by atoms with Crippen molar-refractivity contribution >= 4 is 23.2 Å². The Morgan fingerprint density at radius 2 is 1.61 bits per heavy atom. The predicted octanol–water partition coefficient (Wildman–Crippen LogP) is 4.93. The Morgan fingerprint density at radius 1 is 0.879 bits per heavy atom. The molecule has 1 fully saturated rings. The number of pyridine rings is 1. The smallest absolute Gasteiger partial charge is 0.222 e. The van der Waals surface area contributed by atoms with Gasteiger partial charge in [0, 0.05) is 55.9 Å². The van der Waals surface area contributed by atoms with Crippen LogP contribution in [0.1, 0.15) is 17.7 Å². The van der Waals surface area contributed by atoms with E-state index in [2.05, 4.69) is 27.6 Å². The second-order valence-electron chi connectivity index (χ2n) is 8.49. The summed E-state index contributed by atoms with van der Waals surface area (Å²) in [5.74, 6) is 0.246. The molecule has 2 aromatic heterocycles. The van der Waals surface area contributed by atoms with Crippen molar-refractivity contribution in [3.8, 4) is 11.3 Å². The van der Waals surface area contributed by atoms with Gasteiger partial charge >= 0.3 is 0 Å². The third-order valence-corrected chi connectivity index (χ3v) is 6.57. The number of aryl methyl sites for hydroxylation is 1. The molecule has 0 atom stereocenters. The summed E-state index contributed by atoms with van der Waals surface area (Å²) < 4.78 is 2.17. The molecule has 0 bridgehead atoms. The lowest BCUT2D eigenvalue weighted by Gasteiger charge is -2.34. The summed E-state index contributed by atoms with van der Waals surface area (Å²) in [6.07, 6.45) is 3.44. The molecule has 33 heavy (non-hydrogen) atoms. The van der Waals surface area contributed by atoms with Crippen LogP contribution in [0.5, 0.6) is 0 Å². The van der Waals surface area contributed by atoms with Crippen molar-refractivity contribution in [2.75, 3.05) is 26.2 Å². The van der Waals surface area contributed by atoms with Gasteiger partial charge in [-0.05, 0) is 36.2 Å². The van der Waals surface area contributed by atoms with Crippen LogP contribution in [0.2, 0.25) is 5.02 Å². The minimum absolute atomic E-state index is 0.246. The Morgan fingerprint density at radius 3 is 2.36 bits per heavy atom. The lowest BCUT2D eigenvalue weighted by Crippen LogP contribution is -2.48. The Bertz CT molecular complexity index is 1230. The first-order chi connectivity index (χ1) is 16.2. The zero-order valence-corrected chi connectivity index (χ0v) is 19.3. The highest BCUT2D eigenvalue weighted by Gasteiger charge is 2.23. The molecule has 4 aromatic rings. The summed E-state index contributed by atoms with van der Waals surface area (Å²) in [7, 11) is 0. The van der Waals surface area contributed by atoms with E-state index in [0.29, 0.717) is 6.42 Å². The van der Waals surface area contributed by atoms with Crippen molar-refractivity contribution < 1.29 is 4.79 Å². The fraction of sp³-hybridized carbons (Fsp3) is 0.259. The first kappa shape index (κ1) is 21.7. The molecule has 5 rings (SSSR count). The molecule has 0 N–H and O–H groups in total. The third-order valence-electron chi connectivity index (χ3n) is 6.32. The maximum atomic E-state index is 12.7. The summed E-state index contributed by atoms with van der Waals surface area (Å²) >= 11 is 6.10. The first-order valence-corrected chi connectivity index (χ1v) is 11.8. The minimum Gasteiger partial charge on any atom is -0.340 e. The quantitative estimate of drug-likeness (QED) is 0.411. The van der Waals surface area contributed by atoms with Gasteiger partial charge in [0.25, 0.3) is 0 Å². The van der Waals surface area contributed by atoms with Crippen LogP contribution < -0.4 is 0 Å². The molecule has 1 aliphatic rings. The highest BCUT2D eigenvalue weighted by Crippen LogP contribution is 2.27. The zero-order chi connectivity index (χ0) is 22.6. The fourth-order valence-electron chi connectivity index (χ4n) is 4.46. The molecule has 2 aromatic carbocycles. The van der Waals surface area contributed by atoms with Crippen LogP contribution in [-0.2, 0) is 17.8 Å². The molecule has 3 heterocycles. The lowest BCUT2D eigenvalue weighted by molar-refractivity contribution is -0.133. The average molecular weight is 459 g/mol. The average Bonchev–Trinajstić information content (AvgIpc) is 3.22. The standard InChI is InChI=1S/C27H27ClN4O/c28-23-12-10-22(11-13-23)27-24(32-15-5-4-8-25(32)29-27)20-30-16-18-31(19-17-30)26(33)14-9-21-6-2-1-3-7-21/h1-8,10-13,15H,9,14,16-20H2. The normalized spacial score (nSPS) is 14.6. The third kappa shape index (κ3) is 4.95. The molecule has 0 saturated carbocycles. The van der Waals surface area contributed by atoms with Gasteiger partial charge in [0.15, 0.2) is 0 Å². The van der Waals surface area contributed by atoms with Crippen LogP contribution in [0.4, 0.5) is 0 Å². The number of benzene rings is 2. The van der Waals surface area contributed by atoms with Gasteiger partial charge in [0.2, 0.25) is 5.91 Å². The van der Waals surface area contributed by atoms with Gasteiger partial charge in [-0.25, -0.2) is 4.98 Å². The number of amides is 1. The number of imidazole rings is 1. The minimum atomic E-state index is 0.246. The summed E-state index contributed by atoms with van der Waals surface area (Å²) in [5, 5.41) is 0.720. The number of rotatable bonds is 6. The molecule has 6 heteroatoms. The Kier molecular flexibility index (Phi) is 6.42. The molecule has 0 unspecified atom stereocenters. The van der Waals surface area contributed by atoms with Crippen molar-refractivity contribution in [3.05, 3.63) is 95.3 Å². The molecular formula is C27H27ClN4O. The van der Waals surface area contributed by atoms with Gasteiger partial charge in [0.05, 0.1) is 11.4 Å². The van der Waals surface area contributed by atoms with E-state index < -0.39 is 0 Å². The molecular weight excluding hydrogens is 432 g/mol. The number of halogens is 1. The van der Waals surface area contributed by atoms with E-state index in [-0.39, 0.29) is 5.91 Å². The second kappa shape index (κ2) is 9.77. The van der Waals surface area contributed by atoms with Crippen LogP contribution in [0, 0.1) is 0 Å². The fourth-order valence-corrected chi connectivity index (χ4v) is 4.58. The molecule has 0 radical (unpaired) electrons. The van der Waals surface area contributed by atoms with Gasteiger partial charge in [-0.3, -0.25) is 9.69 Å². The van der Waals surface area contributed by atoms with E-state index in [1.54, 1.807) is 0 Å². The van der Waals surface area contributed by atoms with E-state index in [1.807, 2.05) is 65.6 Å². The van der Waals surface area contributed by atoms with Crippen molar-refractivity contribution in [1.82, 2.24) is 19.2 Å². The van der Waals surface area contributed by atoms with Crippen molar-refractivity contribution in [2.24, 2.45) is 0 Å². The summed E-state index contributed by atoms with van der Waals surface area (Å²) in [6.45, 7) is 4.03. The van der Waals surface area contributed by atoms with Crippen LogP contribution in [0.15, 0.2) is 79.0 Å². The van der Waals surface area contributed by atoms with Crippen LogP contribution in [0.3, 0.4) is 0 Å². The maximum absolute atomic E-state index is 12.7. The van der Waals surface area contributed by atoms with E-state index >= 15 is 0 Å². The Labute approximate surface area is 199 Å². The molecule has 5 nitrogen and oxygen atoms in total. The van der Waals surface area contributed by atoms with Gasteiger partial charge in [-0.15, -0.1) is 0 Å². The summed E-state index contributed by atoms with van der Waals surface area (Å²) in [6, 6.07) is 24.2. The van der Waals surface area contributed by atoms with Crippen molar-refractivity contribution in [2.45, 2.75) is 19.4 Å². The van der Waals surface area contributed by atoms with Gasteiger partial charge in [0.1, 0.15) is 5.65 Å². The first-order valence-electron chi connectivity index (χ1n) is 11.4. The maximum Gasteiger partial charge on any atom is 0.222 e. The molecule has 1 aliphatic heterocycles. The SMILES string of the molecule is O=C(CCc1ccccc1)N1CCN(Cc2c(-c3ccc(Cl)cc3)nc3ccccn23)CC1. The zero-order valence-electron chi connectivity index (χ0n) is 18.5. The number of nitrogens with zero attached hydrogens (tertiary/aromatic N) is 4. The number of carbonyl (C=O) groups is 1. The molecule has 1 amide bonds. The van der Waals surface area contributed by atoms with E-state index in [1.165, 1.54) is 5.56 Å². The van der Waals surface area contributed by atoms with E-state index in [0.717, 1.165) is 66.8 Å². The number of hydrogen-bond acceptors (Lipinski definition) is 3. The molecule has 1 saturated heterocycles. The highest BCUT2D eigenvalue weighted by atomic mass is 35.5. The topological polar surface area (TPSA) is 40.9 Å². The largest absolute Gasteiger partial charge is 0.340 e. The number of aromatic nitrogens is 2. The van der Waals surface area contributed by atoms with Crippen molar-refractivity contribution in [1.29, 1.82) is 0 Å². The van der Waals surface area contributed by atoms with Crippen molar-refractivity contribution in [3.63, 3.8) is 0 Å². The molecule has 168 valence electrons. The summed E-state index contributed by atoms with van der Waals surface area (Å²) in [5.41, 5.74) is 5.36. The van der Waals surface area contributed by atoms with Crippen LogP contribution >= 0.6 is 11.6 Å². The van der Waals surface area contributed by atoms with E-state index in [9.17, 15) is 4.79 Å². The number of fused-ring (bicyclic) bond motifs is 1.